The van der Waals surface area contributed by atoms with Gasteiger partial charge in [-0.05, 0) is 49.9 Å². The van der Waals surface area contributed by atoms with E-state index in [9.17, 15) is 22.8 Å². The highest BCUT2D eigenvalue weighted by Crippen LogP contribution is 2.23. The van der Waals surface area contributed by atoms with Crippen molar-refractivity contribution in [2.45, 2.75) is 71.0 Å². The van der Waals surface area contributed by atoms with E-state index in [0.717, 1.165) is 59.4 Å². The predicted octanol–water partition coefficient (Wildman–Crippen LogP) is 5.05. The summed E-state index contributed by atoms with van der Waals surface area (Å²) in [5.74, 6) is -0.980. The molecule has 43 heavy (non-hydrogen) atoms. The summed E-state index contributed by atoms with van der Waals surface area (Å²) in [6, 6.07) is 22.6. The summed E-state index contributed by atoms with van der Waals surface area (Å²) in [5.41, 5.74) is 3.29. The van der Waals surface area contributed by atoms with Crippen LogP contribution in [0.2, 0.25) is 0 Å². The van der Waals surface area contributed by atoms with Gasteiger partial charge in [0.25, 0.3) is 0 Å². The number of aryl methyl sites for hydroxylation is 1. The number of hydrogen-bond acceptors (Lipinski definition) is 5. The minimum absolute atomic E-state index is 0.0392. The van der Waals surface area contributed by atoms with Crippen molar-refractivity contribution >= 4 is 33.3 Å². The van der Waals surface area contributed by atoms with Crippen LogP contribution in [0.4, 0.5) is 5.69 Å². The summed E-state index contributed by atoms with van der Waals surface area (Å²) in [7, 11) is -3.92. The highest BCUT2D eigenvalue weighted by atomic mass is 32.2. The fourth-order valence-electron chi connectivity index (χ4n) is 5.60. The van der Waals surface area contributed by atoms with Gasteiger partial charge >= 0.3 is 0 Å². The smallest absolute Gasteiger partial charge is 0.244 e. The third-order valence-electron chi connectivity index (χ3n) is 7.88. The quantitative estimate of drug-likeness (QED) is 0.292. The second kappa shape index (κ2) is 14.5. The highest BCUT2D eigenvalue weighted by molar-refractivity contribution is 7.92. The largest absolute Gasteiger partial charge is 0.352 e. The van der Waals surface area contributed by atoms with E-state index in [2.05, 4.69) is 5.32 Å². The topological polar surface area (TPSA) is 104 Å². The number of carbonyl (C=O) groups is 3. The molecule has 0 radical (unpaired) electrons. The highest BCUT2D eigenvalue weighted by Gasteiger charge is 2.34. The maximum atomic E-state index is 14.3. The normalized spacial score (nSPS) is 14.5. The molecule has 0 heterocycles. The zero-order valence-corrected chi connectivity index (χ0v) is 26.0. The molecule has 1 saturated carbocycles. The van der Waals surface area contributed by atoms with E-state index < -0.39 is 28.5 Å². The van der Waals surface area contributed by atoms with Crippen LogP contribution in [0.3, 0.4) is 0 Å². The Kier molecular flexibility index (Phi) is 10.7. The van der Waals surface area contributed by atoms with Gasteiger partial charge in [0, 0.05) is 24.6 Å². The van der Waals surface area contributed by atoms with Crippen LogP contribution >= 0.6 is 0 Å². The van der Waals surface area contributed by atoms with E-state index in [-0.39, 0.29) is 36.4 Å². The minimum atomic E-state index is -3.92. The third kappa shape index (κ3) is 9.00. The molecule has 3 aromatic rings. The molecular weight excluding hydrogens is 562 g/mol. The van der Waals surface area contributed by atoms with Gasteiger partial charge in [-0.25, -0.2) is 8.42 Å². The van der Waals surface area contributed by atoms with E-state index in [0.29, 0.717) is 5.56 Å². The maximum Gasteiger partial charge on any atom is 0.244 e. The Labute approximate surface area is 255 Å². The van der Waals surface area contributed by atoms with Crippen molar-refractivity contribution in [3.05, 3.63) is 101 Å². The first-order valence-corrected chi connectivity index (χ1v) is 16.6. The minimum Gasteiger partial charge on any atom is -0.352 e. The van der Waals surface area contributed by atoms with E-state index in [4.69, 9.17) is 0 Å². The third-order valence-corrected chi connectivity index (χ3v) is 9.02. The van der Waals surface area contributed by atoms with E-state index in [1.807, 2.05) is 61.5 Å². The molecular formula is C34H41N3O5S. The van der Waals surface area contributed by atoms with Crippen molar-refractivity contribution in [1.82, 2.24) is 10.2 Å². The number of sulfonamides is 1. The van der Waals surface area contributed by atoms with Gasteiger partial charge in [0.2, 0.25) is 21.8 Å². The van der Waals surface area contributed by atoms with Crippen LogP contribution in [0.15, 0.2) is 78.9 Å². The lowest BCUT2D eigenvalue weighted by molar-refractivity contribution is -0.140. The maximum absolute atomic E-state index is 14.3. The first-order chi connectivity index (χ1) is 20.5. The molecule has 1 atom stereocenters. The van der Waals surface area contributed by atoms with Gasteiger partial charge in [-0.1, -0.05) is 91.6 Å². The van der Waals surface area contributed by atoms with Crippen LogP contribution in [0, 0.1) is 6.92 Å². The Balaban J connectivity index is 1.73. The predicted molar refractivity (Wildman–Crippen MR) is 169 cm³/mol. The summed E-state index contributed by atoms with van der Waals surface area (Å²) in [4.78, 5) is 41.9. The molecule has 4 rings (SSSR count). The zero-order valence-electron chi connectivity index (χ0n) is 25.2. The summed E-state index contributed by atoms with van der Waals surface area (Å²) < 4.78 is 27.0. The van der Waals surface area contributed by atoms with Crippen LogP contribution in [0.5, 0.6) is 0 Å². The summed E-state index contributed by atoms with van der Waals surface area (Å²) >= 11 is 0. The molecule has 0 spiro atoms. The molecule has 1 aliphatic carbocycles. The Morgan fingerprint density at radius 1 is 0.884 bits per heavy atom. The number of amides is 2. The van der Waals surface area contributed by atoms with Crippen molar-refractivity contribution in [3.8, 4) is 0 Å². The van der Waals surface area contributed by atoms with Crippen molar-refractivity contribution in [2.75, 3.05) is 17.1 Å². The Hall–Kier alpha value is -3.98. The van der Waals surface area contributed by atoms with Gasteiger partial charge in [-0.3, -0.25) is 18.7 Å². The molecule has 2 amide bonds. The molecule has 9 heteroatoms. The number of benzene rings is 3. The molecule has 1 unspecified atom stereocenters. The van der Waals surface area contributed by atoms with Crippen LogP contribution in [-0.2, 0) is 32.6 Å². The van der Waals surface area contributed by atoms with Crippen molar-refractivity contribution in [1.29, 1.82) is 0 Å². The number of carbonyl (C=O) groups excluding carboxylic acids is 3. The van der Waals surface area contributed by atoms with E-state index >= 15 is 0 Å². The van der Waals surface area contributed by atoms with Crippen LogP contribution in [-0.4, -0.2) is 55.8 Å². The van der Waals surface area contributed by atoms with Crippen molar-refractivity contribution < 1.29 is 22.8 Å². The Bertz CT molecular complexity index is 1530. The second-order valence-corrected chi connectivity index (χ2v) is 13.3. The molecule has 0 saturated heterocycles. The number of nitrogens with zero attached hydrogens (tertiary/aromatic N) is 2. The van der Waals surface area contributed by atoms with E-state index in [1.165, 1.54) is 17.9 Å². The molecule has 3 aromatic carbocycles. The van der Waals surface area contributed by atoms with Crippen LogP contribution in [0.25, 0.3) is 0 Å². The first-order valence-electron chi connectivity index (χ1n) is 14.8. The van der Waals surface area contributed by atoms with Crippen molar-refractivity contribution in [3.63, 3.8) is 0 Å². The molecule has 1 N–H and O–H groups in total. The zero-order chi connectivity index (χ0) is 31.0. The summed E-state index contributed by atoms with van der Waals surface area (Å²) in [6.07, 6.45) is 6.32. The molecule has 1 fully saturated rings. The summed E-state index contributed by atoms with van der Waals surface area (Å²) in [6.45, 7) is 2.97. The van der Waals surface area contributed by atoms with Crippen LogP contribution < -0.4 is 9.62 Å². The first kappa shape index (κ1) is 31.9. The fourth-order valence-corrected chi connectivity index (χ4v) is 6.44. The Morgan fingerprint density at radius 3 is 2.21 bits per heavy atom. The van der Waals surface area contributed by atoms with Gasteiger partial charge in [-0.2, -0.15) is 0 Å². The van der Waals surface area contributed by atoms with Gasteiger partial charge in [0.15, 0.2) is 5.78 Å². The lowest BCUT2D eigenvalue weighted by Crippen LogP contribution is -2.55. The molecule has 0 bridgehead atoms. The Morgan fingerprint density at radius 2 is 1.56 bits per heavy atom. The molecule has 8 nitrogen and oxygen atoms in total. The molecule has 228 valence electrons. The average molecular weight is 604 g/mol. The monoisotopic (exact) mass is 603 g/mol. The number of rotatable bonds is 12. The average Bonchev–Trinajstić information content (AvgIpc) is 2.98. The number of ketones is 1. The lowest BCUT2D eigenvalue weighted by atomic mass is 9.94. The molecule has 0 aromatic heterocycles. The van der Waals surface area contributed by atoms with E-state index in [1.54, 1.807) is 18.2 Å². The van der Waals surface area contributed by atoms with Gasteiger partial charge in [0.05, 0.1) is 11.9 Å². The number of Topliss-reactive ketones (excluding diaryl/α,β-unsaturated/α-hetero) is 1. The molecule has 0 aliphatic heterocycles. The number of hydrogen-bond donors (Lipinski definition) is 1. The van der Waals surface area contributed by atoms with Crippen LogP contribution in [0.1, 0.15) is 66.1 Å². The molecule has 1 aliphatic rings. The summed E-state index contributed by atoms with van der Waals surface area (Å²) in [5, 5.41) is 3.20. The van der Waals surface area contributed by atoms with Crippen molar-refractivity contribution in [2.24, 2.45) is 0 Å². The van der Waals surface area contributed by atoms with Gasteiger partial charge in [-0.15, -0.1) is 0 Å². The van der Waals surface area contributed by atoms with Gasteiger partial charge in [0.1, 0.15) is 12.6 Å². The van der Waals surface area contributed by atoms with Gasteiger partial charge < -0.3 is 10.2 Å². The number of nitrogens with one attached hydrogen (secondary N) is 1. The fraction of sp³-hybridized carbons (Fsp3) is 0.382. The second-order valence-electron chi connectivity index (χ2n) is 11.4. The SMILES string of the molecule is CC(=O)c1cccc(N(CC(=O)N(Cc2cccc(C)c2)C(Cc2ccccc2)C(=O)NC2CCCCC2)S(C)(=O)=O)c1. The lowest BCUT2D eigenvalue weighted by Gasteiger charge is -2.35. The number of anilines is 1. The standard InChI is InChI=1S/C34H41N3O5S/c1-25-12-10-15-28(20-25)23-36(33(39)24-37(43(3,41)42)31-19-11-16-29(22-31)26(2)38)32(21-27-13-6-4-7-14-27)34(40)35-30-17-8-5-9-18-30/h4,6-7,10-16,19-20,22,30,32H,5,8-9,17-18,21,23-24H2,1-3H3,(H,35,40).